The van der Waals surface area contributed by atoms with Gasteiger partial charge in [0.05, 0.1) is 0 Å². The number of nitrogen functional groups attached to an aromatic ring is 1. The summed E-state index contributed by atoms with van der Waals surface area (Å²) in [5.41, 5.74) is 12.3. The Morgan fingerprint density at radius 2 is 2.11 bits per heavy atom. The first-order valence-corrected chi connectivity index (χ1v) is 6.72. The lowest BCUT2D eigenvalue weighted by Gasteiger charge is -2.28. The number of nitrogens with one attached hydrogen (secondary N) is 1. The van der Waals surface area contributed by atoms with Gasteiger partial charge in [0.2, 0.25) is 5.95 Å². The molecule has 1 aliphatic carbocycles. The fourth-order valence-corrected chi connectivity index (χ4v) is 2.73. The first kappa shape index (κ1) is 13.1. The monoisotopic (exact) mass is 249 g/mol. The minimum absolute atomic E-state index is 0.334. The van der Waals surface area contributed by atoms with Crippen LogP contribution in [-0.2, 0) is 0 Å². The third kappa shape index (κ3) is 3.57. The molecule has 0 saturated heterocycles. The van der Waals surface area contributed by atoms with E-state index in [0.717, 1.165) is 24.6 Å². The van der Waals surface area contributed by atoms with Gasteiger partial charge in [-0.2, -0.15) is 4.98 Å². The second kappa shape index (κ2) is 6.00. The molecule has 1 aromatic rings. The molecule has 5 N–H and O–H groups in total. The molecule has 18 heavy (non-hydrogen) atoms. The standard InChI is InChI=1S/C13H23N5/c1-9-5-12(18-13(15)17-9)16-8-11-4-2-3-10(6-11)7-14/h5,10-11H,2-4,6-8,14H2,1H3,(H3,15,16,17,18). The van der Waals surface area contributed by atoms with E-state index < -0.39 is 0 Å². The van der Waals surface area contributed by atoms with Crippen molar-refractivity contribution in [2.45, 2.75) is 32.6 Å². The Balaban J connectivity index is 1.87. The molecule has 1 aliphatic rings. The SMILES string of the molecule is Cc1cc(NCC2CCCC(CN)C2)nc(N)n1. The van der Waals surface area contributed by atoms with Gasteiger partial charge in [-0.25, -0.2) is 4.98 Å². The van der Waals surface area contributed by atoms with Crippen LogP contribution in [0.4, 0.5) is 11.8 Å². The summed E-state index contributed by atoms with van der Waals surface area (Å²) in [6, 6.07) is 1.93. The summed E-state index contributed by atoms with van der Waals surface area (Å²) in [6.45, 7) is 3.69. The van der Waals surface area contributed by atoms with E-state index in [9.17, 15) is 0 Å². The molecule has 100 valence electrons. The number of anilines is 2. The number of nitrogens with two attached hydrogens (primary N) is 2. The zero-order valence-corrected chi connectivity index (χ0v) is 11.0. The van der Waals surface area contributed by atoms with E-state index in [-0.39, 0.29) is 0 Å². The van der Waals surface area contributed by atoms with Gasteiger partial charge in [0.25, 0.3) is 0 Å². The number of rotatable bonds is 4. The van der Waals surface area contributed by atoms with Crippen LogP contribution in [0.5, 0.6) is 0 Å². The predicted octanol–water partition coefficient (Wildman–Crippen LogP) is 1.54. The first-order valence-electron chi connectivity index (χ1n) is 6.72. The largest absolute Gasteiger partial charge is 0.370 e. The predicted molar refractivity (Wildman–Crippen MR) is 74.2 cm³/mol. The maximum absolute atomic E-state index is 5.75. The second-order valence-corrected chi connectivity index (χ2v) is 5.27. The van der Waals surface area contributed by atoms with Crippen molar-refractivity contribution in [2.24, 2.45) is 17.6 Å². The van der Waals surface area contributed by atoms with Crippen molar-refractivity contribution in [3.05, 3.63) is 11.8 Å². The maximum atomic E-state index is 5.75. The fraction of sp³-hybridized carbons (Fsp3) is 0.692. The van der Waals surface area contributed by atoms with Gasteiger partial charge in [-0.05, 0) is 44.6 Å². The van der Waals surface area contributed by atoms with Crippen LogP contribution in [0.2, 0.25) is 0 Å². The van der Waals surface area contributed by atoms with Crippen LogP contribution in [0.25, 0.3) is 0 Å². The molecule has 1 fully saturated rings. The van der Waals surface area contributed by atoms with E-state index in [1.165, 1.54) is 25.7 Å². The Morgan fingerprint density at radius 1 is 1.33 bits per heavy atom. The lowest BCUT2D eigenvalue weighted by atomic mass is 9.81. The molecule has 2 atom stereocenters. The fourth-order valence-electron chi connectivity index (χ4n) is 2.73. The van der Waals surface area contributed by atoms with Crippen molar-refractivity contribution in [1.29, 1.82) is 0 Å². The summed E-state index contributed by atoms with van der Waals surface area (Å²) >= 11 is 0. The van der Waals surface area contributed by atoms with Gasteiger partial charge in [-0.15, -0.1) is 0 Å². The number of nitrogens with zero attached hydrogens (tertiary/aromatic N) is 2. The van der Waals surface area contributed by atoms with Crippen LogP contribution in [0.1, 0.15) is 31.4 Å². The molecule has 5 heteroatoms. The molecule has 0 radical (unpaired) electrons. The molecule has 1 aromatic heterocycles. The molecular formula is C13H23N5. The number of aromatic nitrogens is 2. The quantitative estimate of drug-likeness (QED) is 0.753. The highest BCUT2D eigenvalue weighted by molar-refractivity contribution is 5.40. The van der Waals surface area contributed by atoms with Crippen molar-refractivity contribution in [1.82, 2.24) is 9.97 Å². The van der Waals surface area contributed by atoms with Crippen molar-refractivity contribution in [2.75, 3.05) is 24.1 Å². The van der Waals surface area contributed by atoms with Crippen LogP contribution in [0, 0.1) is 18.8 Å². The zero-order valence-electron chi connectivity index (χ0n) is 11.0. The van der Waals surface area contributed by atoms with E-state index in [1.54, 1.807) is 0 Å². The van der Waals surface area contributed by atoms with Crippen LogP contribution in [0.15, 0.2) is 6.07 Å². The molecule has 0 amide bonds. The number of aryl methyl sites for hydroxylation is 1. The molecule has 2 rings (SSSR count). The van der Waals surface area contributed by atoms with Crippen LogP contribution < -0.4 is 16.8 Å². The van der Waals surface area contributed by atoms with Gasteiger partial charge in [0, 0.05) is 18.3 Å². The molecule has 2 unspecified atom stereocenters. The van der Waals surface area contributed by atoms with E-state index in [2.05, 4.69) is 15.3 Å². The van der Waals surface area contributed by atoms with Gasteiger partial charge in [-0.1, -0.05) is 6.42 Å². The summed E-state index contributed by atoms with van der Waals surface area (Å²) in [5, 5.41) is 3.37. The lowest BCUT2D eigenvalue weighted by molar-refractivity contribution is 0.281. The summed E-state index contributed by atoms with van der Waals surface area (Å²) in [4.78, 5) is 8.25. The summed E-state index contributed by atoms with van der Waals surface area (Å²) in [7, 11) is 0. The summed E-state index contributed by atoms with van der Waals surface area (Å²) in [5.74, 6) is 2.56. The van der Waals surface area contributed by atoms with Crippen LogP contribution in [-0.4, -0.2) is 23.1 Å². The van der Waals surface area contributed by atoms with Crippen molar-refractivity contribution in [3.8, 4) is 0 Å². The smallest absolute Gasteiger partial charge is 0.222 e. The van der Waals surface area contributed by atoms with E-state index >= 15 is 0 Å². The molecule has 5 nitrogen and oxygen atoms in total. The average molecular weight is 249 g/mol. The molecule has 0 aliphatic heterocycles. The highest BCUT2D eigenvalue weighted by Crippen LogP contribution is 2.28. The van der Waals surface area contributed by atoms with Crippen molar-refractivity contribution in [3.63, 3.8) is 0 Å². The van der Waals surface area contributed by atoms with Gasteiger partial charge >= 0.3 is 0 Å². The van der Waals surface area contributed by atoms with Crippen LogP contribution >= 0.6 is 0 Å². The Morgan fingerprint density at radius 3 is 2.83 bits per heavy atom. The number of hydrogen-bond donors (Lipinski definition) is 3. The van der Waals surface area contributed by atoms with E-state index in [4.69, 9.17) is 11.5 Å². The third-order valence-corrected chi connectivity index (χ3v) is 3.67. The highest BCUT2D eigenvalue weighted by Gasteiger charge is 2.20. The third-order valence-electron chi connectivity index (χ3n) is 3.67. The summed E-state index contributed by atoms with van der Waals surface area (Å²) in [6.07, 6.45) is 5.08. The Bertz CT molecular complexity index is 373. The Kier molecular flexibility index (Phi) is 4.36. The zero-order chi connectivity index (χ0) is 13.0. The topological polar surface area (TPSA) is 89.8 Å². The molecule has 0 spiro atoms. The van der Waals surface area contributed by atoms with Crippen molar-refractivity contribution >= 4 is 11.8 Å². The molecule has 1 heterocycles. The molecule has 0 bridgehead atoms. The van der Waals surface area contributed by atoms with Gasteiger partial charge in [0.15, 0.2) is 0 Å². The van der Waals surface area contributed by atoms with Gasteiger partial charge in [0.1, 0.15) is 5.82 Å². The average Bonchev–Trinajstić information content (AvgIpc) is 2.35. The van der Waals surface area contributed by atoms with Gasteiger partial charge in [-0.3, -0.25) is 0 Å². The van der Waals surface area contributed by atoms with E-state index in [1.807, 2.05) is 13.0 Å². The minimum atomic E-state index is 0.334. The highest BCUT2D eigenvalue weighted by atomic mass is 15.1. The molecule has 1 saturated carbocycles. The normalized spacial score (nSPS) is 23.9. The Labute approximate surface area is 108 Å². The minimum Gasteiger partial charge on any atom is -0.370 e. The van der Waals surface area contributed by atoms with Gasteiger partial charge < -0.3 is 16.8 Å². The lowest BCUT2D eigenvalue weighted by Crippen LogP contribution is -2.26. The maximum Gasteiger partial charge on any atom is 0.222 e. The first-order chi connectivity index (χ1) is 8.67. The summed E-state index contributed by atoms with van der Waals surface area (Å²) < 4.78 is 0. The Hall–Kier alpha value is -1.36. The van der Waals surface area contributed by atoms with Crippen LogP contribution in [0.3, 0.4) is 0 Å². The van der Waals surface area contributed by atoms with E-state index in [0.29, 0.717) is 17.8 Å². The molecule has 0 aromatic carbocycles. The second-order valence-electron chi connectivity index (χ2n) is 5.27. The molecular weight excluding hydrogens is 226 g/mol. The van der Waals surface area contributed by atoms with Crippen molar-refractivity contribution < 1.29 is 0 Å². The number of hydrogen-bond acceptors (Lipinski definition) is 5.